The molecule has 0 radical (unpaired) electrons. The van der Waals surface area contributed by atoms with Crippen LogP contribution in [0.4, 0.5) is 0 Å². The van der Waals surface area contributed by atoms with Crippen molar-refractivity contribution >= 4 is 0 Å². The Balaban J connectivity index is 1.92. The van der Waals surface area contributed by atoms with Gasteiger partial charge in [-0.25, -0.2) is 0 Å². The lowest BCUT2D eigenvalue weighted by atomic mass is 9.97. The van der Waals surface area contributed by atoms with Gasteiger partial charge in [0.05, 0.1) is 0 Å². The highest BCUT2D eigenvalue weighted by atomic mass is 15.2. The standard InChI is InChI=1S/C10H20N2/c1-11(2)9-5-7-12-6-3-4-10(12)8-9/h9-10H,3-8H2,1-2H3. The molecule has 2 unspecified atom stereocenters. The van der Waals surface area contributed by atoms with Crippen LogP contribution in [0.15, 0.2) is 0 Å². The molecular formula is C10H20N2. The maximum atomic E-state index is 2.68. The Morgan fingerprint density at radius 2 is 2.00 bits per heavy atom. The van der Waals surface area contributed by atoms with Crippen LogP contribution in [0.3, 0.4) is 0 Å². The van der Waals surface area contributed by atoms with Gasteiger partial charge >= 0.3 is 0 Å². The molecule has 0 spiro atoms. The van der Waals surface area contributed by atoms with Crippen LogP contribution in [0.25, 0.3) is 0 Å². The van der Waals surface area contributed by atoms with E-state index in [0.29, 0.717) is 0 Å². The highest BCUT2D eigenvalue weighted by Gasteiger charge is 2.32. The van der Waals surface area contributed by atoms with Crippen molar-refractivity contribution in [3.8, 4) is 0 Å². The second kappa shape index (κ2) is 3.35. The van der Waals surface area contributed by atoms with Crippen molar-refractivity contribution in [1.29, 1.82) is 0 Å². The summed E-state index contributed by atoms with van der Waals surface area (Å²) in [6, 6.07) is 1.77. The Labute approximate surface area is 75.5 Å². The second-order valence-electron chi connectivity index (χ2n) is 4.47. The molecule has 2 aliphatic heterocycles. The molecule has 2 aliphatic rings. The van der Waals surface area contributed by atoms with Crippen LogP contribution in [0.1, 0.15) is 25.7 Å². The van der Waals surface area contributed by atoms with Gasteiger partial charge in [-0.3, -0.25) is 0 Å². The highest BCUT2D eigenvalue weighted by Crippen LogP contribution is 2.28. The highest BCUT2D eigenvalue weighted by molar-refractivity contribution is 4.88. The molecule has 2 heterocycles. The zero-order valence-corrected chi connectivity index (χ0v) is 8.29. The van der Waals surface area contributed by atoms with Crippen molar-refractivity contribution in [1.82, 2.24) is 9.80 Å². The van der Waals surface area contributed by atoms with Crippen LogP contribution < -0.4 is 0 Å². The Bertz CT molecular complexity index is 156. The van der Waals surface area contributed by atoms with Gasteiger partial charge in [-0.2, -0.15) is 0 Å². The first-order chi connectivity index (χ1) is 5.77. The molecule has 2 nitrogen and oxygen atoms in total. The minimum atomic E-state index is 0.851. The maximum Gasteiger partial charge on any atom is 0.0116 e. The van der Waals surface area contributed by atoms with Gasteiger partial charge in [0.1, 0.15) is 0 Å². The third kappa shape index (κ3) is 1.50. The van der Waals surface area contributed by atoms with E-state index in [4.69, 9.17) is 0 Å². The minimum Gasteiger partial charge on any atom is -0.306 e. The molecule has 12 heavy (non-hydrogen) atoms. The molecule has 0 aromatic heterocycles. The fraction of sp³-hybridized carbons (Fsp3) is 1.00. The quantitative estimate of drug-likeness (QED) is 0.580. The Morgan fingerprint density at radius 1 is 1.17 bits per heavy atom. The van der Waals surface area contributed by atoms with Crippen molar-refractivity contribution in [2.24, 2.45) is 0 Å². The van der Waals surface area contributed by atoms with Crippen LogP contribution in [-0.4, -0.2) is 49.1 Å². The molecule has 0 bridgehead atoms. The van der Waals surface area contributed by atoms with E-state index in [9.17, 15) is 0 Å². The first-order valence-electron chi connectivity index (χ1n) is 5.18. The van der Waals surface area contributed by atoms with Crippen molar-refractivity contribution in [3.05, 3.63) is 0 Å². The molecule has 0 saturated carbocycles. The van der Waals surface area contributed by atoms with Gasteiger partial charge in [-0.05, 0) is 52.9 Å². The number of fused-ring (bicyclic) bond motifs is 1. The number of hydrogen-bond donors (Lipinski definition) is 0. The van der Waals surface area contributed by atoms with E-state index in [1.807, 2.05) is 0 Å². The molecular weight excluding hydrogens is 148 g/mol. The topological polar surface area (TPSA) is 6.48 Å². The van der Waals surface area contributed by atoms with Gasteiger partial charge in [0.2, 0.25) is 0 Å². The SMILES string of the molecule is CN(C)C1CCN2CCCC2C1. The van der Waals surface area contributed by atoms with Crippen molar-refractivity contribution in [2.75, 3.05) is 27.2 Å². The minimum absolute atomic E-state index is 0.851. The van der Waals surface area contributed by atoms with E-state index in [2.05, 4.69) is 23.9 Å². The van der Waals surface area contributed by atoms with Crippen molar-refractivity contribution < 1.29 is 0 Å². The third-order valence-electron chi connectivity index (χ3n) is 3.52. The molecule has 0 aromatic rings. The predicted octanol–water partition coefficient (Wildman–Crippen LogP) is 1.17. The summed E-state index contributed by atoms with van der Waals surface area (Å²) in [5.74, 6) is 0. The lowest BCUT2D eigenvalue weighted by Gasteiger charge is -2.37. The molecule has 0 aliphatic carbocycles. The van der Waals surface area contributed by atoms with Crippen LogP contribution in [0, 0.1) is 0 Å². The number of hydrogen-bond acceptors (Lipinski definition) is 2. The van der Waals surface area contributed by atoms with Crippen LogP contribution in [-0.2, 0) is 0 Å². The van der Waals surface area contributed by atoms with E-state index in [0.717, 1.165) is 12.1 Å². The van der Waals surface area contributed by atoms with E-state index in [-0.39, 0.29) is 0 Å². The Hall–Kier alpha value is -0.0800. The van der Waals surface area contributed by atoms with Gasteiger partial charge in [-0.1, -0.05) is 0 Å². The monoisotopic (exact) mass is 168 g/mol. The molecule has 70 valence electrons. The molecule has 2 heteroatoms. The molecule has 2 saturated heterocycles. The van der Waals surface area contributed by atoms with Gasteiger partial charge in [-0.15, -0.1) is 0 Å². The Morgan fingerprint density at radius 3 is 2.75 bits per heavy atom. The second-order valence-corrected chi connectivity index (χ2v) is 4.47. The number of nitrogens with zero attached hydrogens (tertiary/aromatic N) is 2. The summed E-state index contributed by atoms with van der Waals surface area (Å²) >= 11 is 0. The van der Waals surface area contributed by atoms with E-state index >= 15 is 0 Å². The van der Waals surface area contributed by atoms with Crippen LogP contribution in [0.2, 0.25) is 0 Å². The van der Waals surface area contributed by atoms with E-state index < -0.39 is 0 Å². The van der Waals surface area contributed by atoms with Crippen LogP contribution in [0.5, 0.6) is 0 Å². The van der Waals surface area contributed by atoms with Gasteiger partial charge in [0, 0.05) is 12.1 Å². The smallest absolute Gasteiger partial charge is 0.0116 e. The predicted molar refractivity (Wildman–Crippen MR) is 51.3 cm³/mol. The lowest BCUT2D eigenvalue weighted by Crippen LogP contribution is -2.45. The summed E-state index contributed by atoms with van der Waals surface area (Å²) in [5, 5.41) is 0. The fourth-order valence-corrected chi connectivity index (χ4v) is 2.67. The van der Waals surface area contributed by atoms with Gasteiger partial charge < -0.3 is 9.80 Å². The first-order valence-corrected chi connectivity index (χ1v) is 5.18. The van der Waals surface area contributed by atoms with E-state index in [1.165, 1.54) is 38.8 Å². The number of rotatable bonds is 1. The average molecular weight is 168 g/mol. The summed E-state index contributed by atoms with van der Waals surface area (Å²) in [6.07, 6.45) is 5.67. The van der Waals surface area contributed by atoms with Crippen molar-refractivity contribution in [3.63, 3.8) is 0 Å². The molecule has 2 fully saturated rings. The summed E-state index contributed by atoms with van der Waals surface area (Å²) < 4.78 is 0. The zero-order chi connectivity index (χ0) is 8.55. The third-order valence-corrected chi connectivity index (χ3v) is 3.52. The molecule has 2 atom stereocenters. The van der Waals surface area contributed by atoms with E-state index in [1.54, 1.807) is 0 Å². The molecule has 0 amide bonds. The Kier molecular flexibility index (Phi) is 2.37. The average Bonchev–Trinajstić information content (AvgIpc) is 2.49. The summed E-state index contributed by atoms with van der Waals surface area (Å²) in [5.41, 5.74) is 0. The fourth-order valence-electron chi connectivity index (χ4n) is 2.67. The molecule has 0 aromatic carbocycles. The zero-order valence-electron chi connectivity index (χ0n) is 8.29. The summed E-state index contributed by atoms with van der Waals surface area (Å²) in [6.45, 7) is 2.71. The molecule has 2 rings (SSSR count). The van der Waals surface area contributed by atoms with Crippen LogP contribution >= 0.6 is 0 Å². The number of piperidine rings is 1. The van der Waals surface area contributed by atoms with Crippen molar-refractivity contribution in [2.45, 2.75) is 37.8 Å². The van der Waals surface area contributed by atoms with Gasteiger partial charge in [0.15, 0.2) is 0 Å². The maximum absolute atomic E-state index is 2.68. The molecule has 0 N–H and O–H groups in total. The lowest BCUT2D eigenvalue weighted by molar-refractivity contribution is 0.119. The summed E-state index contributed by atoms with van der Waals surface area (Å²) in [4.78, 5) is 5.08. The summed E-state index contributed by atoms with van der Waals surface area (Å²) in [7, 11) is 4.44. The normalized spacial score (nSPS) is 37.2. The first kappa shape index (κ1) is 8.52. The van der Waals surface area contributed by atoms with Gasteiger partial charge in [0.25, 0.3) is 0 Å². The largest absolute Gasteiger partial charge is 0.306 e.